The molecule has 4 nitrogen and oxygen atoms in total. The third-order valence-corrected chi connectivity index (χ3v) is 5.27. The SMILES string of the molecule is CCN(CCNC(=NC)NCC1(c2cccc(F)c2)CC1)C1CC1.I. The van der Waals surface area contributed by atoms with Crippen LogP contribution in [0.1, 0.15) is 38.2 Å². The standard InChI is InChI=1S/C19H29FN4.HI/c1-3-24(17-7-8-17)12-11-22-18(21-2)23-14-19(9-10-19)15-5-4-6-16(20)13-15;/h4-6,13,17H,3,7-12,14H2,1-2H3,(H2,21,22,23);1H. The lowest BCUT2D eigenvalue weighted by Crippen LogP contribution is -2.44. The molecule has 25 heavy (non-hydrogen) atoms. The molecule has 3 rings (SSSR count). The minimum Gasteiger partial charge on any atom is -0.356 e. The van der Waals surface area contributed by atoms with Gasteiger partial charge >= 0.3 is 0 Å². The number of benzene rings is 1. The van der Waals surface area contributed by atoms with E-state index in [-0.39, 0.29) is 35.2 Å². The summed E-state index contributed by atoms with van der Waals surface area (Å²) in [4.78, 5) is 6.84. The Balaban J connectivity index is 0.00000225. The predicted octanol–water partition coefficient (Wildman–Crippen LogP) is 3.12. The highest BCUT2D eigenvalue weighted by molar-refractivity contribution is 14.0. The highest BCUT2D eigenvalue weighted by atomic mass is 127. The first kappa shape index (κ1) is 20.4. The first-order chi connectivity index (χ1) is 11.7. The molecule has 0 heterocycles. The van der Waals surface area contributed by atoms with Crippen LogP contribution in [0.4, 0.5) is 4.39 Å². The number of hydrogen-bond donors (Lipinski definition) is 2. The third kappa shape index (κ3) is 5.54. The molecule has 140 valence electrons. The van der Waals surface area contributed by atoms with E-state index < -0.39 is 0 Å². The van der Waals surface area contributed by atoms with Crippen molar-refractivity contribution < 1.29 is 4.39 Å². The number of nitrogens with zero attached hydrogens (tertiary/aromatic N) is 2. The van der Waals surface area contributed by atoms with Gasteiger partial charge in [0.25, 0.3) is 0 Å². The van der Waals surface area contributed by atoms with Gasteiger partial charge in [-0.15, -0.1) is 24.0 Å². The zero-order valence-electron chi connectivity index (χ0n) is 15.2. The van der Waals surface area contributed by atoms with Crippen molar-refractivity contribution in [1.29, 1.82) is 0 Å². The monoisotopic (exact) mass is 460 g/mol. The van der Waals surface area contributed by atoms with Crippen LogP contribution in [-0.2, 0) is 5.41 Å². The summed E-state index contributed by atoms with van der Waals surface area (Å²) in [5, 5.41) is 6.83. The Morgan fingerprint density at radius 1 is 1.32 bits per heavy atom. The molecule has 2 saturated carbocycles. The molecule has 0 radical (unpaired) electrons. The summed E-state index contributed by atoms with van der Waals surface area (Å²) in [6.45, 7) is 6.09. The van der Waals surface area contributed by atoms with Crippen LogP contribution in [0, 0.1) is 5.82 Å². The molecule has 2 aliphatic rings. The average molecular weight is 460 g/mol. The number of likely N-dealkylation sites (N-methyl/N-ethyl adjacent to an activating group) is 1. The molecule has 6 heteroatoms. The van der Waals surface area contributed by atoms with Crippen LogP contribution in [0.25, 0.3) is 0 Å². The van der Waals surface area contributed by atoms with E-state index in [4.69, 9.17) is 0 Å². The van der Waals surface area contributed by atoms with E-state index in [1.807, 2.05) is 6.07 Å². The van der Waals surface area contributed by atoms with Gasteiger partial charge in [0.1, 0.15) is 5.82 Å². The zero-order valence-corrected chi connectivity index (χ0v) is 17.6. The fourth-order valence-corrected chi connectivity index (χ4v) is 3.37. The van der Waals surface area contributed by atoms with Crippen molar-refractivity contribution in [3.8, 4) is 0 Å². The van der Waals surface area contributed by atoms with Gasteiger partial charge in [-0.3, -0.25) is 9.89 Å². The van der Waals surface area contributed by atoms with Crippen LogP contribution in [-0.4, -0.2) is 50.1 Å². The van der Waals surface area contributed by atoms with Crippen LogP contribution in [0.15, 0.2) is 29.3 Å². The lowest BCUT2D eigenvalue weighted by atomic mass is 9.96. The number of hydrogen-bond acceptors (Lipinski definition) is 2. The van der Waals surface area contributed by atoms with Crippen LogP contribution >= 0.6 is 24.0 Å². The quantitative estimate of drug-likeness (QED) is 0.356. The van der Waals surface area contributed by atoms with Crippen molar-refractivity contribution in [3.63, 3.8) is 0 Å². The van der Waals surface area contributed by atoms with Gasteiger partial charge in [-0.1, -0.05) is 19.1 Å². The maximum absolute atomic E-state index is 13.5. The van der Waals surface area contributed by atoms with Crippen LogP contribution < -0.4 is 10.6 Å². The second-order valence-electron chi connectivity index (χ2n) is 7.00. The smallest absolute Gasteiger partial charge is 0.191 e. The van der Waals surface area contributed by atoms with E-state index in [1.54, 1.807) is 19.2 Å². The molecule has 0 aliphatic heterocycles. The Morgan fingerprint density at radius 3 is 2.64 bits per heavy atom. The van der Waals surface area contributed by atoms with Gasteiger partial charge in [0, 0.05) is 38.1 Å². The Labute approximate surface area is 167 Å². The Hall–Kier alpha value is -0.890. The summed E-state index contributed by atoms with van der Waals surface area (Å²) < 4.78 is 13.5. The highest BCUT2D eigenvalue weighted by Crippen LogP contribution is 2.47. The molecule has 0 saturated heterocycles. The molecule has 0 atom stereocenters. The number of aliphatic imine (C=N–C) groups is 1. The molecular formula is C19H30FIN4. The molecular weight excluding hydrogens is 430 g/mol. The van der Waals surface area contributed by atoms with E-state index >= 15 is 0 Å². The van der Waals surface area contributed by atoms with Crippen molar-refractivity contribution >= 4 is 29.9 Å². The summed E-state index contributed by atoms with van der Waals surface area (Å²) in [5.74, 6) is 0.686. The minimum atomic E-state index is -0.152. The fourth-order valence-electron chi connectivity index (χ4n) is 3.37. The number of rotatable bonds is 8. The molecule has 0 amide bonds. The molecule has 2 aliphatic carbocycles. The van der Waals surface area contributed by atoms with Gasteiger partial charge in [-0.2, -0.15) is 0 Å². The summed E-state index contributed by atoms with van der Waals surface area (Å²) in [6.07, 6.45) is 4.89. The van der Waals surface area contributed by atoms with E-state index in [0.29, 0.717) is 0 Å². The second-order valence-corrected chi connectivity index (χ2v) is 7.00. The van der Waals surface area contributed by atoms with Gasteiger partial charge in [0.2, 0.25) is 0 Å². The number of guanidine groups is 1. The number of halogens is 2. The van der Waals surface area contributed by atoms with Crippen molar-refractivity contribution in [1.82, 2.24) is 15.5 Å². The van der Waals surface area contributed by atoms with Gasteiger partial charge in [0.05, 0.1) is 0 Å². The maximum atomic E-state index is 13.5. The Bertz CT molecular complexity index is 585. The molecule has 0 unspecified atom stereocenters. The topological polar surface area (TPSA) is 39.7 Å². The molecule has 2 fully saturated rings. The van der Waals surface area contributed by atoms with Gasteiger partial charge in [-0.05, 0) is 49.9 Å². The van der Waals surface area contributed by atoms with E-state index in [9.17, 15) is 4.39 Å². The van der Waals surface area contributed by atoms with E-state index in [0.717, 1.165) is 56.6 Å². The lowest BCUT2D eigenvalue weighted by Gasteiger charge is -2.22. The normalized spacial score (nSPS) is 18.6. The molecule has 1 aromatic rings. The van der Waals surface area contributed by atoms with Crippen LogP contribution in [0.5, 0.6) is 0 Å². The summed E-state index contributed by atoms with van der Waals surface area (Å²) in [7, 11) is 1.80. The summed E-state index contributed by atoms with van der Waals surface area (Å²) in [6, 6.07) is 7.80. The van der Waals surface area contributed by atoms with Crippen molar-refractivity contribution in [2.75, 3.05) is 33.2 Å². The molecule has 1 aromatic carbocycles. The lowest BCUT2D eigenvalue weighted by molar-refractivity contribution is 0.282. The van der Waals surface area contributed by atoms with Crippen LogP contribution in [0.3, 0.4) is 0 Å². The summed E-state index contributed by atoms with van der Waals surface area (Å²) >= 11 is 0. The first-order valence-corrected chi connectivity index (χ1v) is 9.11. The summed E-state index contributed by atoms with van der Waals surface area (Å²) in [5.41, 5.74) is 1.17. The Kier molecular flexibility index (Phi) is 7.49. The van der Waals surface area contributed by atoms with Gasteiger partial charge in [-0.25, -0.2) is 4.39 Å². The fraction of sp³-hybridized carbons (Fsp3) is 0.632. The van der Waals surface area contributed by atoms with Gasteiger partial charge < -0.3 is 10.6 Å². The third-order valence-electron chi connectivity index (χ3n) is 5.27. The minimum absolute atomic E-state index is 0. The number of nitrogens with one attached hydrogen (secondary N) is 2. The zero-order chi connectivity index (χ0) is 17.0. The van der Waals surface area contributed by atoms with Crippen molar-refractivity contribution in [3.05, 3.63) is 35.6 Å². The highest BCUT2D eigenvalue weighted by Gasteiger charge is 2.44. The van der Waals surface area contributed by atoms with Crippen LogP contribution in [0.2, 0.25) is 0 Å². The Morgan fingerprint density at radius 2 is 2.08 bits per heavy atom. The maximum Gasteiger partial charge on any atom is 0.191 e. The average Bonchev–Trinajstić information content (AvgIpc) is 3.48. The van der Waals surface area contributed by atoms with Crippen molar-refractivity contribution in [2.45, 2.75) is 44.1 Å². The van der Waals surface area contributed by atoms with E-state index in [2.05, 4.69) is 27.4 Å². The predicted molar refractivity (Wildman–Crippen MR) is 112 cm³/mol. The van der Waals surface area contributed by atoms with Crippen molar-refractivity contribution in [2.24, 2.45) is 4.99 Å². The first-order valence-electron chi connectivity index (χ1n) is 9.11. The second kappa shape index (κ2) is 9.16. The molecule has 0 bridgehead atoms. The molecule has 2 N–H and O–H groups in total. The molecule has 0 aromatic heterocycles. The molecule has 0 spiro atoms. The van der Waals surface area contributed by atoms with E-state index in [1.165, 1.54) is 18.9 Å². The van der Waals surface area contributed by atoms with Gasteiger partial charge in [0.15, 0.2) is 5.96 Å². The largest absolute Gasteiger partial charge is 0.356 e.